The molecule has 6 nitrogen and oxygen atoms in total. The van der Waals surface area contributed by atoms with Crippen molar-refractivity contribution in [3.8, 4) is 0 Å². The highest BCUT2D eigenvalue weighted by atomic mass is 32.1. The molecule has 164 valence electrons. The Hall–Kier alpha value is -2.07. The maximum absolute atomic E-state index is 12.6. The Morgan fingerprint density at radius 2 is 1.94 bits per heavy atom. The van der Waals surface area contributed by atoms with Crippen LogP contribution in [-0.2, 0) is 11.2 Å². The maximum Gasteiger partial charge on any atom is 0.267 e. The Balaban J connectivity index is 1.30. The predicted molar refractivity (Wildman–Crippen MR) is 128 cm³/mol. The first kappa shape index (κ1) is 22.1. The zero-order valence-electron chi connectivity index (χ0n) is 17.4. The van der Waals surface area contributed by atoms with Gasteiger partial charge in [-0.3, -0.25) is 19.8 Å². The third-order valence-corrected chi connectivity index (χ3v) is 8.13. The number of nitrogens with one attached hydrogen (secondary N) is 2. The van der Waals surface area contributed by atoms with Crippen molar-refractivity contribution in [1.29, 1.82) is 0 Å². The molecule has 3 aromatic rings. The molecular formula is C22H26N4O2S3. The van der Waals surface area contributed by atoms with E-state index in [4.69, 9.17) is 0 Å². The van der Waals surface area contributed by atoms with Crippen LogP contribution in [0, 0.1) is 5.92 Å². The molecular weight excluding hydrogens is 448 g/mol. The molecule has 4 rings (SSSR count). The summed E-state index contributed by atoms with van der Waals surface area (Å²) in [6.45, 7) is 5.04. The predicted octanol–water partition coefficient (Wildman–Crippen LogP) is 4.65. The summed E-state index contributed by atoms with van der Waals surface area (Å²) in [5.74, 6) is 0.553. The molecule has 9 heteroatoms. The molecule has 1 saturated heterocycles. The fraction of sp³-hybridized carbons (Fsp3) is 0.409. The molecule has 2 amide bonds. The number of aromatic nitrogens is 1. The lowest BCUT2D eigenvalue weighted by molar-refractivity contribution is -0.120. The average Bonchev–Trinajstić information content (AvgIpc) is 3.53. The Bertz CT molecular complexity index is 977. The minimum absolute atomic E-state index is 0.0478. The van der Waals surface area contributed by atoms with E-state index < -0.39 is 0 Å². The normalized spacial score (nSPS) is 16.2. The van der Waals surface area contributed by atoms with E-state index in [0.717, 1.165) is 19.0 Å². The lowest BCUT2D eigenvalue weighted by Crippen LogP contribution is -2.42. The smallest absolute Gasteiger partial charge is 0.267 e. The number of carbonyl (C=O) groups is 2. The van der Waals surface area contributed by atoms with Crippen LogP contribution in [0.15, 0.2) is 40.4 Å². The zero-order valence-corrected chi connectivity index (χ0v) is 19.8. The third kappa shape index (κ3) is 6.00. The van der Waals surface area contributed by atoms with Crippen LogP contribution in [0.4, 0.5) is 5.13 Å². The molecule has 4 heterocycles. The van der Waals surface area contributed by atoms with Gasteiger partial charge in [0.1, 0.15) is 0 Å². The number of hydrogen-bond donors (Lipinski definition) is 2. The summed E-state index contributed by atoms with van der Waals surface area (Å²) in [7, 11) is 0. The number of rotatable bonds is 8. The summed E-state index contributed by atoms with van der Waals surface area (Å²) >= 11 is 4.47. The van der Waals surface area contributed by atoms with Gasteiger partial charge in [0.05, 0.1) is 23.0 Å². The fourth-order valence-electron chi connectivity index (χ4n) is 3.68. The second-order valence-electron chi connectivity index (χ2n) is 7.81. The largest absolute Gasteiger partial charge is 0.354 e. The quantitative estimate of drug-likeness (QED) is 0.498. The van der Waals surface area contributed by atoms with Gasteiger partial charge in [-0.05, 0) is 54.7 Å². The van der Waals surface area contributed by atoms with Crippen LogP contribution in [-0.4, -0.2) is 41.3 Å². The Kier molecular flexibility index (Phi) is 7.49. The van der Waals surface area contributed by atoms with E-state index in [2.05, 4.69) is 45.0 Å². The van der Waals surface area contributed by atoms with Crippen LogP contribution in [0.25, 0.3) is 0 Å². The standard InChI is InChI=1S/C22H26N4O2S3/c1-15-6-8-26(9-7-15)17(18-4-2-10-29-18)13-23-20(27)12-16-14-31-22(24-16)25-21(28)19-5-3-11-30-19/h2-5,10-11,14-15,17H,6-9,12-13H2,1H3,(H,23,27)(H,24,25,28). The van der Waals surface area contributed by atoms with Crippen molar-refractivity contribution in [1.82, 2.24) is 15.2 Å². The molecule has 1 aliphatic heterocycles. The van der Waals surface area contributed by atoms with Crippen molar-refractivity contribution < 1.29 is 9.59 Å². The molecule has 0 bridgehead atoms. The van der Waals surface area contributed by atoms with Crippen LogP contribution in [0.5, 0.6) is 0 Å². The number of likely N-dealkylation sites (tertiary alicyclic amines) is 1. The van der Waals surface area contributed by atoms with Gasteiger partial charge in [0.25, 0.3) is 5.91 Å². The number of thiazole rings is 1. The minimum Gasteiger partial charge on any atom is -0.354 e. The summed E-state index contributed by atoms with van der Waals surface area (Å²) in [6.07, 6.45) is 2.61. The lowest BCUT2D eigenvalue weighted by atomic mass is 9.97. The van der Waals surface area contributed by atoms with Crippen molar-refractivity contribution in [3.63, 3.8) is 0 Å². The van der Waals surface area contributed by atoms with E-state index in [1.807, 2.05) is 16.8 Å². The van der Waals surface area contributed by atoms with Crippen LogP contribution in [0.2, 0.25) is 0 Å². The second-order valence-corrected chi connectivity index (χ2v) is 10.6. The Morgan fingerprint density at radius 1 is 1.16 bits per heavy atom. The van der Waals surface area contributed by atoms with Gasteiger partial charge in [-0.1, -0.05) is 19.1 Å². The molecule has 1 aliphatic rings. The highest BCUT2D eigenvalue weighted by Crippen LogP contribution is 2.29. The molecule has 0 aliphatic carbocycles. The molecule has 0 spiro atoms. The molecule has 31 heavy (non-hydrogen) atoms. The first-order valence-electron chi connectivity index (χ1n) is 10.4. The Morgan fingerprint density at radius 3 is 2.65 bits per heavy atom. The van der Waals surface area contributed by atoms with Crippen molar-refractivity contribution in [2.45, 2.75) is 32.2 Å². The van der Waals surface area contributed by atoms with E-state index in [-0.39, 0.29) is 24.3 Å². The molecule has 1 atom stereocenters. The van der Waals surface area contributed by atoms with E-state index >= 15 is 0 Å². The highest BCUT2D eigenvalue weighted by molar-refractivity contribution is 7.14. The molecule has 1 unspecified atom stereocenters. The molecule has 0 aromatic carbocycles. The molecule has 3 aromatic heterocycles. The van der Waals surface area contributed by atoms with Crippen LogP contribution in [0.1, 0.15) is 46.0 Å². The van der Waals surface area contributed by atoms with Gasteiger partial charge >= 0.3 is 0 Å². The monoisotopic (exact) mass is 474 g/mol. The number of anilines is 1. The van der Waals surface area contributed by atoms with Crippen molar-refractivity contribution in [2.75, 3.05) is 25.0 Å². The van der Waals surface area contributed by atoms with Gasteiger partial charge in [0.15, 0.2) is 5.13 Å². The first-order valence-corrected chi connectivity index (χ1v) is 13.1. The molecule has 2 N–H and O–H groups in total. The summed E-state index contributed by atoms with van der Waals surface area (Å²) in [5.41, 5.74) is 0.670. The van der Waals surface area contributed by atoms with Gasteiger partial charge in [-0.15, -0.1) is 34.0 Å². The van der Waals surface area contributed by atoms with E-state index in [1.54, 1.807) is 17.4 Å². The van der Waals surface area contributed by atoms with Crippen LogP contribution < -0.4 is 10.6 Å². The third-order valence-electron chi connectivity index (χ3n) is 5.48. The lowest BCUT2D eigenvalue weighted by Gasteiger charge is -2.36. The van der Waals surface area contributed by atoms with Crippen molar-refractivity contribution in [3.05, 3.63) is 55.9 Å². The fourth-order valence-corrected chi connectivity index (χ4v) is 5.87. The summed E-state index contributed by atoms with van der Waals surface area (Å²) in [5, 5.41) is 12.2. The van der Waals surface area contributed by atoms with Crippen LogP contribution in [0.3, 0.4) is 0 Å². The number of piperidine rings is 1. The zero-order chi connectivity index (χ0) is 21.6. The SMILES string of the molecule is CC1CCN(C(CNC(=O)Cc2csc(NC(=O)c3cccs3)n2)c2cccs2)CC1. The highest BCUT2D eigenvalue weighted by Gasteiger charge is 2.25. The summed E-state index contributed by atoms with van der Waals surface area (Å²) in [6, 6.07) is 8.05. The second kappa shape index (κ2) is 10.5. The van der Waals surface area contributed by atoms with E-state index in [9.17, 15) is 9.59 Å². The van der Waals surface area contributed by atoms with Crippen molar-refractivity contribution >= 4 is 51.0 Å². The van der Waals surface area contributed by atoms with Crippen molar-refractivity contribution in [2.24, 2.45) is 5.92 Å². The Labute approximate surface area is 194 Å². The maximum atomic E-state index is 12.6. The van der Waals surface area contributed by atoms with E-state index in [1.165, 1.54) is 40.4 Å². The van der Waals surface area contributed by atoms with Gasteiger partial charge in [0.2, 0.25) is 5.91 Å². The number of nitrogens with zero attached hydrogens (tertiary/aromatic N) is 2. The van der Waals surface area contributed by atoms with Gasteiger partial charge in [0, 0.05) is 16.8 Å². The summed E-state index contributed by atoms with van der Waals surface area (Å²) in [4.78, 5) is 33.6. The number of amides is 2. The molecule has 1 fully saturated rings. The topological polar surface area (TPSA) is 74.3 Å². The van der Waals surface area contributed by atoms with Gasteiger partial charge in [-0.25, -0.2) is 4.98 Å². The average molecular weight is 475 g/mol. The number of carbonyl (C=O) groups excluding carboxylic acids is 2. The minimum atomic E-state index is -0.171. The number of thiophene rings is 2. The van der Waals surface area contributed by atoms with Gasteiger partial charge < -0.3 is 5.32 Å². The molecule has 0 radical (unpaired) electrons. The van der Waals surface area contributed by atoms with Gasteiger partial charge in [-0.2, -0.15) is 0 Å². The van der Waals surface area contributed by atoms with E-state index in [0.29, 0.717) is 22.2 Å². The molecule has 0 saturated carbocycles. The first-order chi connectivity index (χ1) is 15.1. The van der Waals surface area contributed by atoms with Crippen LogP contribution >= 0.6 is 34.0 Å². The summed E-state index contributed by atoms with van der Waals surface area (Å²) < 4.78 is 0. The number of hydrogen-bond acceptors (Lipinski definition) is 7.